The van der Waals surface area contributed by atoms with E-state index in [0.29, 0.717) is 11.3 Å². The van der Waals surface area contributed by atoms with Crippen molar-refractivity contribution in [3.63, 3.8) is 0 Å². The zero-order valence-corrected chi connectivity index (χ0v) is 11.6. The van der Waals surface area contributed by atoms with Crippen LogP contribution < -0.4 is 5.73 Å². The molecular formula is C14H30N2. The minimum Gasteiger partial charge on any atom is -0.330 e. The number of rotatable bonds is 5. The topological polar surface area (TPSA) is 29.3 Å². The van der Waals surface area contributed by atoms with Gasteiger partial charge in [0.15, 0.2) is 0 Å². The molecule has 1 saturated heterocycles. The second-order valence-corrected chi connectivity index (χ2v) is 6.57. The Morgan fingerprint density at radius 2 is 2.06 bits per heavy atom. The van der Waals surface area contributed by atoms with Crippen LogP contribution in [-0.4, -0.2) is 30.6 Å². The van der Waals surface area contributed by atoms with Crippen molar-refractivity contribution in [2.45, 2.75) is 59.4 Å². The minimum atomic E-state index is 0.408. The molecule has 2 unspecified atom stereocenters. The highest BCUT2D eigenvalue weighted by molar-refractivity contribution is 4.81. The van der Waals surface area contributed by atoms with Crippen molar-refractivity contribution in [3.8, 4) is 0 Å². The van der Waals surface area contributed by atoms with Crippen molar-refractivity contribution in [3.05, 3.63) is 0 Å². The highest BCUT2D eigenvalue weighted by Gasteiger charge is 2.26. The first-order valence-electron chi connectivity index (χ1n) is 6.90. The van der Waals surface area contributed by atoms with E-state index in [2.05, 4.69) is 32.6 Å². The fourth-order valence-corrected chi connectivity index (χ4v) is 3.02. The lowest BCUT2D eigenvalue weighted by atomic mass is 9.84. The molecule has 0 amide bonds. The molecular weight excluding hydrogens is 196 g/mol. The molecule has 1 fully saturated rings. The Morgan fingerprint density at radius 1 is 1.38 bits per heavy atom. The van der Waals surface area contributed by atoms with Gasteiger partial charge in [-0.2, -0.15) is 0 Å². The largest absolute Gasteiger partial charge is 0.330 e. The molecule has 0 aliphatic carbocycles. The monoisotopic (exact) mass is 226 g/mol. The molecule has 2 atom stereocenters. The van der Waals surface area contributed by atoms with Crippen molar-refractivity contribution in [1.82, 2.24) is 4.90 Å². The Bertz CT molecular complexity index is 195. The van der Waals surface area contributed by atoms with Crippen molar-refractivity contribution in [1.29, 1.82) is 0 Å². The Labute approximate surface area is 102 Å². The summed E-state index contributed by atoms with van der Waals surface area (Å²) in [5.74, 6) is 0.673. The van der Waals surface area contributed by atoms with E-state index in [1.165, 1.54) is 38.8 Å². The van der Waals surface area contributed by atoms with Crippen LogP contribution >= 0.6 is 0 Å². The van der Waals surface area contributed by atoms with E-state index >= 15 is 0 Å². The molecule has 2 N–H and O–H groups in total. The van der Waals surface area contributed by atoms with Crippen LogP contribution in [0, 0.1) is 11.3 Å². The van der Waals surface area contributed by atoms with Crippen molar-refractivity contribution >= 4 is 0 Å². The third-order valence-electron chi connectivity index (χ3n) is 3.70. The van der Waals surface area contributed by atoms with Gasteiger partial charge in [0.25, 0.3) is 0 Å². The van der Waals surface area contributed by atoms with Crippen LogP contribution in [0.3, 0.4) is 0 Å². The second kappa shape index (κ2) is 6.02. The Balaban J connectivity index is 2.43. The van der Waals surface area contributed by atoms with Crippen LogP contribution in [0.2, 0.25) is 0 Å². The molecule has 1 heterocycles. The number of hydrogen-bond acceptors (Lipinski definition) is 2. The zero-order valence-electron chi connectivity index (χ0n) is 11.6. The lowest BCUT2D eigenvalue weighted by Gasteiger charge is -2.31. The highest BCUT2D eigenvalue weighted by atomic mass is 15.2. The Hall–Kier alpha value is -0.0800. The summed E-state index contributed by atoms with van der Waals surface area (Å²) in [6, 6.07) is 0.828. The first kappa shape index (κ1) is 14.0. The molecule has 0 aromatic rings. The summed E-state index contributed by atoms with van der Waals surface area (Å²) in [7, 11) is 0. The highest BCUT2D eigenvalue weighted by Crippen LogP contribution is 2.27. The van der Waals surface area contributed by atoms with Gasteiger partial charge in [-0.3, -0.25) is 0 Å². The molecule has 0 saturated carbocycles. The summed E-state index contributed by atoms with van der Waals surface area (Å²) in [4.78, 5) is 2.67. The summed E-state index contributed by atoms with van der Waals surface area (Å²) in [6.45, 7) is 12.6. The first-order chi connectivity index (χ1) is 7.46. The molecule has 0 spiro atoms. The van der Waals surface area contributed by atoms with Crippen LogP contribution in [0.1, 0.15) is 53.4 Å². The Kier molecular flexibility index (Phi) is 5.26. The van der Waals surface area contributed by atoms with E-state index < -0.39 is 0 Å². The number of nitrogens with two attached hydrogens (primary N) is 1. The number of hydrogen-bond donors (Lipinski definition) is 1. The van der Waals surface area contributed by atoms with E-state index in [1.54, 1.807) is 0 Å². The lowest BCUT2D eigenvalue weighted by Crippen LogP contribution is -2.37. The molecule has 0 aromatic carbocycles. The third kappa shape index (κ3) is 4.42. The molecule has 1 aliphatic rings. The van der Waals surface area contributed by atoms with E-state index in [-0.39, 0.29) is 0 Å². The maximum atomic E-state index is 5.92. The summed E-state index contributed by atoms with van der Waals surface area (Å²) in [5, 5.41) is 0. The third-order valence-corrected chi connectivity index (χ3v) is 3.70. The van der Waals surface area contributed by atoms with Gasteiger partial charge < -0.3 is 10.6 Å². The number of likely N-dealkylation sites (tertiary alicyclic amines) is 1. The maximum Gasteiger partial charge on any atom is 0.00932 e. The van der Waals surface area contributed by atoms with Gasteiger partial charge in [-0.05, 0) is 50.1 Å². The molecule has 96 valence electrons. The minimum absolute atomic E-state index is 0.408. The summed E-state index contributed by atoms with van der Waals surface area (Å²) in [5.41, 5.74) is 6.33. The predicted octanol–water partition coefficient (Wildman–Crippen LogP) is 2.87. The fourth-order valence-electron chi connectivity index (χ4n) is 3.02. The molecule has 1 rings (SSSR count). The van der Waals surface area contributed by atoms with Crippen molar-refractivity contribution in [2.24, 2.45) is 17.1 Å². The fraction of sp³-hybridized carbons (Fsp3) is 1.00. The second-order valence-electron chi connectivity index (χ2n) is 6.57. The summed E-state index contributed by atoms with van der Waals surface area (Å²) >= 11 is 0. The average Bonchev–Trinajstić information content (AvgIpc) is 2.62. The van der Waals surface area contributed by atoms with Gasteiger partial charge in [0.05, 0.1) is 0 Å². The molecule has 0 aromatic heterocycles. The normalized spacial score (nSPS) is 24.9. The van der Waals surface area contributed by atoms with Gasteiger partial charge in [0.2, 0.25) is 0 Å². The van der Waals surface area contributed by atoms with Gasteiger partial charge in [0.1, 0.15) is 0 Å². The van der Waals surface area contributed by atoms with Gasteiger partial charge in [-0.25, -0.2) is 0 Å². The zero-order chi connectivity index (χ0) is 12.2. The van der Waals surface area contributed by atoms with Crippen molar-refractivity contribution in [2.75, 3.05) is 19.6 Å². The molecule has 1 aliphatic heterocycles. The first-order valence-corrected chi connectivity index (χ1v) is 6.90. The average molecular weight is 226 g/mol. The quantitative estimate of drug-likeness (QED) is 0.781. The van der Waals surface area contributed by atoms with Crippen LogP contribution in [0.4, 0.5) is 0 Å². The van der Waals surface area contributed by atoms with E-state index in [1.807, 2.05) is 0 Å². The SMILES string of the molecule is CCC1CCCN1CC(CN)CC(C)(C)C. The predicted molar refractivity (Wildman–Crippen MR) is 71.5 cm³/mol. The maximum absolute atomic E-state index is 5.92. The van der Waals surface area contributed by atoms with Gasteiger partial charge in [-0.15, -0.1) is 0 Å². The van der Waals surface area contributed by atoms with E-state index in [4.69, 9.17) is 5.73 Å². The standard InChI is InChI=1S/C14H30N2/c1-5-13-7-6-8-16(13)11-12(10-15)9-14(2,3)4/h12-13H,5-11,15H2,1-4H3. The van der Waals surface area contributed by atoms with Crippen LogP contribution in [-0.2, 0) is 0 Å². The molecule has 2 heteroatoms. The molecule has 0 radical (unpaired) electrons. The summed E-state index contributed by atoms with van der Waals surface area (Å²) in [6.07, 6.45) is 5.32. The number of nitrogens with zero attached hydrogens (tertiary/aromatic N) is 1. The van der Waals surface area contributed by atoms with E-state index in [9.17, 15) is 0 Å². The van der Waals surface area contributed by atoms with Gasteiger partial charge >= 0.3 is 0 Å². The van der Waals surface area contributed by atoms with E-state index in [0.717, 1.165) is 12.6 Å². The van der Waals surface area contributed by atoms with Gasteiger partial charge in [-0.1, -0.05) is 27.7 Å². The molecule has 2 nitrogen and oxygen atoms in total. The molecule has 16 heavy (non-hydrogen) atoms. The van der Waals surface area contributed by atoms with Gasteiger partial charge in [0, 0.05) is 12.6 Å². The molecule has 0 bridgehead atoms. The Morgan fingerprint density at radius 3 is 2.56 bits per heavy atom. The van der Waals surface area contributed by atoms with Crippen LogP contribution in [0.5, 0.6) is 0 Å². The van der Waals surface area contributed by atoms with Crippen molar-refractivity contribution < 1.29 is 0 Å². The van der Waals surface area contributed by atoms with Crippen LogP contribution in [0.15, 0.2) is 0 Å². The smallest absolute Gasteiger partial charge is 0.00932 e. The summed E-state index contributed by atoms with van der Waals surface area (Å²) < 4.78 is 0. The van der Waals surface area contributed by atoms with Crippen LogP contribution in [0.25, 0.3) is 0 Å². The lowest BCUT2D eigenvalue weighted by molar-refractivity contribution is 0.180.